The Morgan fingerprint density at radius 1 is 1.04 bits per heavy atom. The van der Waals surface area contributed by atoms with Gasteiger partial charge in [0.15, 0.2) is 5.57 Å². The maximum absolute atomic E-state index is 13.4. The summed E-state index contributed by atoms with van der Waals surface area (Å²) in [4.78, 5) is 1.67. The van der Waals surface area contributed by atoms with Crippen LogP contribution in [-0.2, 0) is 6.18 Å². The number of allylic oxidation sites excluding steroid dienone is 2. The molecule has 122 valence electrons. The second-order valence-electron chi connectivity index (χ2n) is 5.13. The molecule has 1 aromatic rings. The van der Waals surface area contributed by atoms with Gasteiger partial charge >= 0.3 is 6.18 Å². The molecule has 1 fully saturated rings. The lowest BCUT2D eigenvalue weighted by Crippen LogP contribution is -2.22. The Balaban J connectivity index is 2.44. The van der Waals surface area contributed by atoms with Gasteiger partial charge in [-0.3, -0.25) is 0 Å². The number of nitriles is 3. The van der Waals surface area contributed by atoms with Crippen LogP contribution < -0.4 is 10.2 Å². The molecule has 0 amide bonds. The third-order valence-electron chi connectivity index (χ3n) is 3.60. The molecule has 1 aliphatic rings. The third-order valence-corrected chi connectivity index (χ3v) is 3.60. The zero-order valence-corrected chi connectivity index (χ0v) is 12.5. The van der Waals surface area contributed by atoms with E-state index >= 15 is 0 Å². The number of halogens is 3. The number of nitrogens with zero attached hydrogens (tertiary/aromatic N) is 4. The fourth-order valence-electron chi connectivity index (χ4n) is 2.50. The summed E-state index contributed by atoms with van der Waals surface area (Å²) in [6, 6.07) is 8.29. The molecular formula is C16H12F3N5. The molecule has 0 unspecified atom stereocenters. The topological polar surface area (TPSA) is 86.6 Å². The highest BCUT2D eigenvalue weighted by molar-refractivity contribution is 5.66. The predicted molar refractivity (Wildman–Crippen MR) is 80.4 cm³/mol. The largest absolute Gasteiger partial charge is 0.418 e. The number of anilines is 2. The molecule has 2 rings (SSSR count). The van der Waals surface area contributed by atoms with Crippen LogP contribution in [0.25, 0.3) is 0 Å². The number of benzene rings is 1. The van der Waals surface area contributed by atoms with Crippen molar-refractivity contribution in [2.75, 3.05) is 23.3 Å². The van der Waals surface area contributed by atoms with Crippen LogP contribution in [0.2, 0.25) is 0 Å². The van der Waals surface area contributed by atoms with Crippen LogP contribution in [0.1, 0.15) is 18.4 Å². The molecule has 0 bridgehead atoms. The first-order valence-corrected chi connectivity index (χ1v) is 7.08. The van der Waals surface area contributed by atoms with E-state index in [1.807, 2.05) is 0 Å². The number of nitrogens with one attached hydrogen (secondary N) is 1. The normalized spacial score (nSPS) is 13.6. The van der Waals surface area contributed by atoms with E-state index < -0.39 is 17.3 Å². The lowest BCUT2D eigenvalue weighted by atomic mass is 10.1. The standard InChI is InChI=1S/C16H12F3N5/c17-16(18,19)13-7-12(23-14(10-22)11(8-20)9-21)3-4-15(13)24-5-1-2-6-24/h3-4,7,23H,1-2,5-6H2. The third kappa shape index (κ3) is 3.59. The van der Waals surface area contributed by atoms with Crippen molar-refractivity contribution in [1.29, 1.82) is 15.8 Å². The monoisotopic (exact) mass is 331 g/mol. The highest BCUT2D eigenvalue weighted by Gasteiger charge is 2.35. The molecule has 5 nitrogen and oxygen atoms in total. The first kappa shape index (κ1) is 17.2. The molecule has 0 aromatic heterocycles. The molecule has 1 aromatic carbocycles. The highest BCUT2D eigenvalue weighted by atomic mass is 19.4. The highest BCUT2D eigenvalue weighted by Crippen LogP contribution is 2.39. The van der Waals surface area contributed by atoms with E-state index in [4.69, 9.17) is 15.8 Å². The summed E-state index contributed by atoms with van der Waals surface area (Å²) in [5.74, 6) is 0. The summed E-state index contributed by atoms with van der Waals surface area (Å²) in [5.41, 5.74) is -1.61. The summed E-state index contributed by atoms with van der Waals surface area (Å²) in [5, 5.41) is 28.9. The van der Waals surface area contributed by atoms with Crippen LogP contribution in [0.3, 0.4) is 0 Å². The lowest BCUT2D eigenvalue weighted by molar-refractivity contribution is -0.137. The van der Waals surface area contributed by atoms with Crippen molar-refractivity contribution in [2.24, 2.45) is 0 Å². The SMILES string of the molecule is N#CC(C#N)=C(C#N)Nc1ccc(N2CCCC2)c(C(F)(F)F)c1. The number of hydrogen-bond acceptors (Lipinski definition) is 5. The molecule has 1 aliphatic heterocycles. The molecule has 1 N–H and O–H groups in total. The molecule has 0 saturated carbocycles. The minimum atomic E-state index is -4.56. The minimum absolute atomic E-state index is 0.00942. The van der Waals surface area contributed by atoms with Gasteiger partial charge < -0.3 is 10.2 Å². The van der Waals surface area contributed by atoms with Gasteiger partial charge in [-0.05, 0) is 31.0 Å². The fourth-order valence-corrected chi connectivity index (χ4v) is 2.50. The molecule has 8 heteroatoms. The molecule has 1 saturated heterocycles. The van der Waals surface area contributed by atoms with E-state index in [0.717, 1.165) is 18.9 Å². The van der Waals surface area contributed by atoms with Crippen LogP contribution >= 0.6 is 0 Å². The van der Waals surface area contributed by atoms with Crippen LogP contribution in [0.5, 0.6) is 0 Å². The Kier molecular flexibility index (Phi) is 4.96. The van der Waals surface area contributed by atoms with Gasteiger partial charge in [0.2, 0.25) is 0 Å². The zero-order valence-electron chi connectivity index (χ0n) is 12.5. The van der Waals surface area contributed by atoms with Gasteiger partial charge in [0, 0.05) is 24.5 Å². The van der Waals surface area contributed by atoms with Gasteiger partial charge in [-0.15, -0.1) is 0 Å². The quantitative estimate of drug-likeness (QED) is 0.856. The first-order chi connectivity index (χ1) is 11.4. The first-order valence-electron chi connectivity index (χ1n) is 7.08. The van der Waals surface area contributed by atoms with Crippen molar-refractivity contribution in [2.45, 2.75) is 19.0 Å². The van der Waals surface area contributed by atoms with Crippen molar-refractivity contribution < 1.29 is 13.2 Å². The fraction of sp³-hybridized carbons (Fsp3) is 0.312. The van der Waals surface area contributed by atoms with Crippen molar-refractivity contribution >= 4 is 11.4 Å². The van der Waals surface area contributed by atoms with Crippen LogP contribution in [0.15, 0.2) is 29.5 Å². The molecule has 24 heavy (non-hydrogen) atoms. The molecule has 1 heterocycles. The lowest BCUT2D eigenvalue weighted by Gasteiger charge is -2.23. The van der Waals surface area contributed by atoms with Gasteiger partial charge in [0.05, 0.1) is 5.56 Å². The summed E-state index contributed by atoms with van der Waals surface area (Å²) in [7, 11) is 0. The Hall–Kier alpha value is -3.18. The van der Waals surface area contributed by atoms with Gasteiger partial charge in [-0.25, -0.2) is 0 Å². The van der Waals surface area contributed by atoms with Gasteiger partial charge in [0.25, 0.3) is 0 Å². The van der Waals surface area contributed by atoms with Crippen LogP contribution in [-0.4, -0.2) is 13.1 Å². The second-order valence-corrected chi connectivity index (χ2v) is 5.13. The Bertz CT molecular complexity index is 768. The van der Waals surface area contributed by atoms with Gasteiger partial charge in [0.1, 0.15) is 23.9 Å². The van der Waals surface area contributed by atoms with E-state index in [2.05, 4.69) is 5.32 Å². The zero-order chi connectivity index (χ0) is 17.7. The number of rotatable bonds is 3. The van der Waals surface area contributed by atoms with Crippen LogP contribution in [0.4, 0.5) is 24.5 Å². The second kappa shape index (κ2) is 6.93. The Labute approximate surface area is 136 Å². The molecule has 0 atom stereocenters. The summed E-state index contributed by atoms with van der Waals surface area (Å²) >= 11 is 0. The molecular weight excluding hydrogens is 319 g/mol. The minimum Gasteiger partial charge on any atom is -0.371 e. The van der Waals surface area contributed by atoms with E-state index in [9.17, 15) is 13.2 Å². The van der Waals surface area contributed by atoms with Gasteiger partial charge in [-0.2, -0.15) is 29.0 Å². The van der Waals surface area contributed by atoms with E-state index in [-0.39, 0.29) is 17.1 Å². The number of alkyl halides is 3. The average molecular weight is 331 g/mol. The van der Waals surface area contributed by atoms with Gasteiger partial charge in [-0.1, -0.05) is 0 Å². The van der Waals surface area contributed by atoms with Crippen molar-refractivity contribution in [3.05, 3.63) is 35.0 Å². The van der Waals surface area contributed by atoms with E-state index in [1.54, 1.807) is 11.0 Å². The Morgan fingerprint density at radius 2 is 1.67 bits per heavy atom. The molecule has 0 spiro atoms. The van der Waals surface area contributed by atoms with Crippen molar-refractivity contribution in [3.63, 3.8) is 0 Å². The summed E-state index contributed by atoms with van der Waals surface area (Å²) < 4.78 is 40.1. The van der Waals surface area contributed by atoms with Crippen LogP contribution in [0, 0.1) is 34.0 Å². The van der Waals surface area contributed by atoms with E-state index in [1.165, 1.54) is 24.3 Å². The van der Waals surface area contributed by atoms with Crippen molar-refractivity contribution in [1.82, 2.24) is 0 Å². The molecule has 0 aliphatic carbocycles. The molecule has 0 radical (unpaired) electrons. The smallest absolute Gasteiger partial charge is 0.371 e. The average Bonchev–Trinajstić information content (AvgIpc) is 3.08. The summed E-state index contributed by atoms with van der Waals surface area (Å²) in [6.45, 7) is 1.12. The Morgan fingerprint density at radius 3 is 2.17 bits per heavy atom. The predicted octanol–water partition coefficient (Wildman–Crippen LogP) is 3.54. The maximum Gasteiger partial charge on any atom is 0.418 e. The van der Waals surface area contributed by atoms with Crippen molar-refractivity contribution in [3.8, 4) is 18.2 Å². The maximum atomic E-state index is 13.4. The number of hydrogen-bond donors (Lipinski definition) is 1. The van der Waals surface area contributed by atoms with E-state index in [0.29, 0.717) is 13.1 Å². The summed E-state index contributed by atoms with van der Waals surface area (Å²) in [6.07, 6.45) is -2.88.